The predicted molar refractivity (Wildman–Crippen MR) is 81.0 cm³/mol. The first-order valence-electron chi connectivity index (χ1n) is 6.67. The third-order valence-electron chi connectivity index (χ3n) is 3.74. The van der Waals surface area contributed by atoms with Crippen molar-refractivity contribution < 1.29 is 0 Å². The molecule has 20 heavy (non-hydrogen) atoms. The molecule has 1 aromatic heterocycles. The maximum atomic E-state index is 12.2. The van der Waals surface area contributed by atoms with Crippen molar-refractivity contribution in [3.8, 4) is 0 Å². The van der Waals surface area contributed by atoms with Gasteiger partial charge in [0.15, 0.2) is 0 Å². The van der Waals surface area contributed by atoms with E-state index in [9.17, 15) is 4.79 Å². The van der Waals surface area contributed by atoms with Crippen LogP contribution in [0.4, 0.5) is 0 Å². The van der Waals surface area contributed by atoms with Gasteiger partial charge in [0, 0.05) is 5.56 Å². The smallest absolute Gasteiger partial charge is 0.267 e. The molecular weight excluding hydrogens is 248 g/mol. The summed E-state index contributed by atoms with van der Waals surface area (Å²) in [7, 11) is 0. The highest BCUT2D eigenvalue weighted by atomic mass is 16.1. The number of benzene rings is 2. The van der Waals surface area contributed by atoms with Crippen LogP contribution in [0.25, 0.3) is 10.8 Å². The first-order valence-corrected chi connectivity index (χ1v) is 6.67. The van der Waals surface area contributed by atoms with Gasteiger partial charge in [0.25, 0.3) is 5.56 Å². The van der Waals surface area contributed by atoms with Crippen molar-refractivity contribution >= 4 is 10.8 Å². The van der Waals surface area contributed by atoms with Gasteiger partial charge in [0.2, 0.25) is 0 Å². The number of fused-ring (bicyclic) bond motifs is 1. The molecule has 1 heterocycles. The second kappa shape index (κ2) is 4.93. The molecule has 0 saturated carbocycles. The van der Waals surface area contributed by atoms with E-state index in [1.54, 1.807) is 6.20 Å². The number of aryl methyl sites for hydroxylation is 1. The van der Waals surface area contributed by atoms with Crippen molar-refractivity contribution in [1.29, 1.82) is 0 Å². The van der Waals surface area contributed by atoms with Crippen LogP contribution in [0.3, 0.4) is 0 Å². The minimum Gasteiger partial charge on any atom is -0.267 e. The van der Waals surface area contributed by atoms with Crippen LogP contribution in [0, 0.1) is 13.8 Å². The van der Waals surface area contributed by atoms with E-state index in [1.807, 2.05) is 38.1 Å². The summed E-state index contributed by atoms with van der Waals surface area (Å²) in [5, 5.41) is 6.60. The Morgan fingerprint density at radius 2 is 1.80 bits per heavy atom. The van der Waals surface area contributed by atoms with Gasteiger partial charge in [-0.25, -0.2) is 4.68 Å². The zero-order valence-electron chi connectivity index (χ0n) is 11.6. The molecule has 0 amide bonds. The maximum absolute atomic E-state index is 12.2. The molecule has 0 bridgehead atoms. The summed E-state index contributed by atoms with van der Waals surface area (Å²) in [6, 6.07) is 14.3. The van der Waals surface area contributed by atoms with Crippen LogP contribution in [0.1, 0.15) is 16.7 Å². The van der Waals surface area contributed by atoms with Gasteiger partial charge in [-0.3, -0.25) is 4.79 Å². The first-order chi connectivity index (χ1) is 9.66. The fourth-order valence-corrected chi connectivity index (χ4v) is 2.37. The Balaban J connectivity index is 2.11. The van der Waals surface area contributed by atoms with Crippen LogP contribution in [0.2, 0.25) is 0 Å². The topological polar surface area (TPSA) is 34.9 Å². The van der Waals surface area contributed by atoms with Gasteiger partial charge < -0.3 is 0 Å². The Labute approximate surface area is 117 Å². The highest BCUT2D eigenvalue weighted by molar-refractivity contribution is 5.85. The molecule has 2 aromatic carbocycles. The minimum absolute atomic E-state index is 0.0158. The van der Waals surface area contributed by atoms with E-state index in [1.165, 1.54) is 15.5 Å². The first kappa shape index (κ1) is 12.6. The Kier molecular flexibility index (Phi) is 3.11. The van der Waals surface area contributed by atoms with E-state index in [4.69, 9.17) is 0 Å². The van der Waals surface area contributed by atoms with Crippen LogP contribution in [0.15, 0.2) is 53.5 Å². The molecule has 3 heteroatoms. The highest BCUT2D eigenvalue weighted by Gasteiger charge is 2.06. The van der Waals surface area contributed by atoms with E-state index in [0.29, 0.717) is 6.54 Å². The van der Waals surface area contributed by atoms with Crippen molar-refractivity contribution in [2.45, 2.75) is 20.4 Å². The summed E-state index contributed by atoms with van der Waals surface area (Å²) in [5.41, 5.74) is 2.79. The van der Waals surface area contributed by atoms with Crippen LogP contribution in [-0.4, -0.2) is 9.78 Å². The molecule has 0 unspecified atom stereocenters. The van der Waals surface area contributed by atoms with Crippen molar-refractivity contribution in [2.24, 2.45) is 0 Å². The van der Waals surface area contributed by atoms with Crippen molar-refractivity contribution in [3.63, 3.8) is 0 Å². The molecule has 0 aliphatic heterocycles. The molecule has 3 nitrogen and oxygen atoms in total. The van der Waals surface area contributed by atoms with E-state index < -0.39 is 0 Å². The van der Waals surface area contributed by atoms with Gasteiger partial charge in [-0.2, -0.15) is 5.10 Å². The zero-order valence-corrected chi connectivity index (χ0v) is 11.6. The minimum atomic E-state index is -0.0158. The summed E-state index contributed by atoms with van der Waals surface area (Å²) in [4.78, 5) is 12.2. The lowest BCUT2D eigenvalue weighted by Gasteiger charge is -2.09. The van der Waals surface area contributed by atoms with Gasteiger partial charge in [-0.05, 0) is 35.7 Å². The monoisotopic (exact) mass is 264 g/mol. The second-order valence-corrected chi connectivity index (χ2v) is 5.05. The second-order valence-electron chi connectivity index (χ2n) is 5.05. The number of aromatic nitrogens is 2. The molecule has 3 aromatic rings. The molecule has 0 aliphatic rings. The average Bonchev–Trinajstić information content (AvgIpc) is 2.48. The number of hydrogen-bond donors (Lipinski definition) is 0. The Bertz CT molecular complexity index is 829. The van der Waals surface area contributed by atoms with Crippen LogP contribution in [0.5, 0.6) is 0 Å². The zero-order chi connectivity index (χ0) is 14.1. The van der Waals surface area contributed by atoms with Crippen LogP contribution >= 0.6 is 0 Å². The maximum Gasteiger partial charge on any atom is 0.270 e. The molecule has 100 valence electrons. The van der Waals surface area contributed by atoms with E-state index in [0.717, 1.165) is 16.7 Å². The van der Waals surface area contributed by atoms with Gasteiger partial charge in [-0.1, -0.05) is 42.5 Å². The molecule has 0 spiro atoms. The summed E-state index contributed by atoms with van der Waals surface area (Å²) >= 11 is 0. The summed E-state index contributed by atoms with van der Waals surface area (Å²) < 4.78 is 1.53. The van der Waals surface area contributed by atoms with Gasteiger partial charge in [0.05, 0.1) is 12.7 Å². The van der Waals surface area contributed by atoms with Crippen LogP contribution < -0.4 is 5.56 Å². The largest absolute Gasteiger partial charge is 0.270 e. The summed E-state index contributed by atoms with van der Waals surface area (Å²) in [6.45, 7) is 4.26. The fourth-order valence-electron chi connectivity index (χ4n) is 2.37. The Morgan fingerprint density at radius 1 is 1.05 bits per heavy atom. The number of hydrogen-bond acceptors (Lipinski definition) is 2. The highest BCUT2D eigenvalue weighted by Crippen LogP contribution is 2.18. The average molecular weight is 264 g/mol. The quantitative estimate of drug-likeness (QED) is 0.713. The molecule has 0 fully saturated rings. The molecule has 0 radical (unpaired) electrons. The number of rotatable bonds is 2. The van der Waals surface area contributed by atoms with Gasteiger partial charge >= 0.3 is 0 Å². The van der Waals surface area contributed by atoms with Gasteiger partial charge in [0.1, 0.15) is 0 Å². The molecule has 0 saturated heterocycles. The number of nitrogens with zero attached hydrogens (tertiary/aromatic N) is 2. The lowest BCUT2D eigenvalue weighted by molar-refractivity contribution is 0.633. The predicted octanol–water partition coefficient (Wildman–Crippen LogP) is 3.06. The van der Waals surface area contributed by atoms with E-state index in [2.05, 4.69) is 23.3 Å². The lowest BCUT2D eigenvalue weighted by atomic mass is 10.0. The Hall–Kier alpha value is -2.42. The van der Waals surface area contributed by atoms with Crippen molar-refractivity contribution in [1.82, 2.24) is 9.78 Å². The van der Waals surface area contributed by atoms with Crippen molar-refractivity contribution in [3.05, 3.63) is 75.7 Å². The van der Waals surface area contributed by atoms with E-state index >= 15 is 0 Å². The molecule has 0 atom stereocenters. The molecule has 3 rings (SSSR count). The molecular formula is C17H16N2O. The Morgan fingerprint density at radius 3 is 2.65 bits per heavy atom. The third kappa shape index (κ3) is 2.11. The fraction of sp³-hybridized carbons (Fsp3) is 0.176. The SMILES string of the molecule is Cc1cnn(Cc2cccc3ccccc23)c(=O)c1C. The lowest BCUT2D eigenvalue weighted by Crippen LogP contribution is -2.26. The van der Waals surface area contributed by atoms with Crippen LogP contribution in [-0.2, 0) is 6.54 Å². The molecule has 0 N–H and O–H groups in total. The molecule has 0 aliphatic carbocycles. The van der Waals surface area contributed by atoms with E-state index in [-0.39, 0.29) is 5.56 Å². The standard InChI is InChI=1S/C17H16N2O/c1-12-10-18-19(17(20)13(12)2)11-15-8-5-7-14-6-3-4-9-16(14)15/h3-10H,11H2,1-2H3. The van der Waals surface area contributed by atoms with Gasteiger partial charge in [-0.15, -0.1) is 0 Å². The van der Waals surface area contributed by atoms with Crippen molar-refractivity contribution in [2.75, 3.05) is 0 Å². The summed E-state index contributed by atoms with van der Waals surface area (Å²) in [5.74, 6) is 0. The third-order valence-corrected chi connectivity index (χ3v) is 3.74. The normalized spacial score (nSPS) is 10.9. The summed E-state index contributed by atoms with van der Waals surface area (Å²) in [6.07, 6.45) is 1.75.